The van der Waals surface area contributed by atoms with Crippen molar-refractivity contribution < 1.29 is 8.78 Å². The van der Waals surface area contributed by atoms with E-state index in [0.717, 1.165) is 18.8 Å². The molecule has 17 heavy (non-hydrogen) atoms. The van der Waals surface area contributed by atoms with Gasteiger partial charge in [0.2, 0.25) is 0 Å². The lowest BCUT2D eigenvalue weighted by molar-refractivity contribution is -0.0539. The summed E-state index contributed by atoms with van der Waals surface area (Å²) in [5.41, 5.74) is 0. The van der Waals surface area contributed by atoms with Crippen LogP contribution in [-0.2, 0) is 0 Å². The van der Waals surface area contributed by atoms with Gasteiger partial charge in [-0.25, -0.2) is 8.78 Å². The van der Waals surface area contributed by atoms with Gasteiger partial charge in [0, 0.05) is 38.2 Å². The number of likely N-dealkylation sites (tertiary alicyclic amines) is 1. The molecule has 0 aliphatic carbocycles. The minimum Gasteiger partial charge on any atom is -0.302 e. The van der Waals surface area contributed by atoms with Gasteiger partial charge in [-0.3, -0.25) is 4.99 Å². The van der Waals surface area contributed by atoms with Gasteiger partial charge < -0.3 is 4.90 Å². The highest BCUT2D eigenvalue weighted by Crippen LogP contribution is 2.31. The largest absolute Gasteiger partial charge is 0.302 e. The third-order valence-corrected chi connectivity index (χ3v) is 5.58. The van der Waals surface area contributed by atoms with Gasteiger partial charge >= 0.3 is 0 Å². The Morgan fingerprint density at radius 1 is 1.47 bits per heavy atom. The summed E-state index contributed by atoms with van der Waals surface area (Å²) in [6.07, 6.45) is 0.0517. The van der Waals surface area contributed by atoms with Crippen LogP contribution in [-0.4, -0.2) is 52.4 Å². The molecule has 0 bridgehead atoms. The zero-order valence-electron chi connectivity index (χ0n) is 9.99. The number of hydrogen-bond donors (Lipinski definition) is 0. The molecule has 0 saturated carbocycles. The topological polar surface area (TPSA) is 15.6 Å². The van der Waals surface area contributed by atoms with E-state index in [-0.39, 0.29) is 12.8 Å². The van der Waals surface area contributed by atoms with Gasteiger partial charge in [-0.1, -0.05) is 11.8 Å². The second kappa shape index (κ2) is 5.89. The summed E-state index contributed by atoms with van der Waals surface area (Å²) < 4.78 is 26.4. The predicted octanol–water partition coefficient (Wildman–Crippen LogP) is 2.94. The number of aliphatic imine (C=N–C) groups is 1. The summed E-state index contributed by atoms with van der Waals surface area (Å²) in [6, 6.07) is 0. The molecule has 0 amide bonds. The number of thioether (sulfide) groups is 2. The molecule has 0 N–H and O–H groups in total. The van der Waals surface area contributed by atoms with Crippen molar-refractivity contribution >= 4 is 28.6 Å². The highest BCUT2D eigenvalue weighted by molar-refractivity contribution is 8.25. The fourth-order valence-electron chi connectivity index (χ4n) is 1.97. The van der Waals surface area contributed by atoms with Gasteiger partial charge in [0.05, 0.1) is 16.2 Å². The SMILES string of the molecule is CC1=NCC(SCCN2CCC(F)(F)CC2)S1. The Kier molecular flexibility index (Phi) is 4.72. The smallest absolute Gasteiger partial charge is 0.250 e. The molecule has 0 aromatic heterocycles. The number of halogens is 2. The van der Waals surface area contributed by atoms with Gasteiger partial charge in [-0.15, -0.1) is 11.8 Å². The Morgan fingerprint density at radius 3 is 2.76 bits per heavy atom. The first-order valence-electron chi connectivity index (χ1n) is 5.95. The Bertz CT molecular complexity index is 287. The van der Waals surface area contributed by atoms with E-state index in [9.17, 15) is 8.78 Å². The molecular weight excluding hydrogens is 262 g/mol. The van der Waals surface area contributed by atoms with Crippen molar-refractivity contribution in [3.63, 3.8) is 0 Å². The standard InChI is InChI=1S/C11H18F2N2S2/c1-9-14-8-10(17-9)16-7-6-15-4-2-11(12,13)3-5-15/h10H,2-8H2,1H3. The average Bonchev–Trinajstić information content (AvgIpc) is 2.67. The van der Waals surface area contributed by atoms with E-state index >= 15 is 0 Å². The van der Waals surface area contributed by atoms with E-state index in [1.165, 1.54) is 5.04 Å². The van der Waals surface area contributed by atoms with Crippen molar-refractivity contribution in [3.05, 3.63) is 0 Å². The first kappa shape index (κ1) is 13.6. The molecule has 2 aliphatic heterocycles. The Hall–Kier alpha value is 0.190. The van der Waals surface area contributed by atoms with Gasteiger partial charge in [-0.2, -0.15) is 0 Å². The summed E-state index contributed by atoms with van der Waals surface area (Å²) in [7, 11) is 0. The van der Waals surface area contributed by atoms with Crippen LogP contribution in [0.4, 0.5) is 8.78 Å². The first-order chi connectivity index (χ1) is 8.05. The third-order valence-electron chi connectivity index (χ3n) is 3.06. The number of piperidine rings is 1. The van der Waals surface area contributed by atoms with Crippen LogP contribution in [0.3, 0.4) is 0 Å². The second-order valence-corrected chi connectivity index (χ2v) is 7.48. The molecule has 0 aromatic carbocycles. The molecule has 1 fully saturated rings. The van der Waals surface area contributed by atoms with E-state index in [1.807, 2.05) is 30.4 Å². The second-order valence-electron chi connectivity index (χ2n) is 4.48. The van der Waals surface area contributed by atoms with Crippen LogP contribution in [0, 0.1) is 0 Å². The normalized spacial score (nSPS) is 29.4. The number of nitrogens with zero attached hydrogens (tertiary/aromatic N) is 2. The zero-order chi connectivity index (χ0) is 12.3. The average molecular weight is 280 g/mol. The van der Waals surface area contributed by atoms with Gasteiger partial charge in [0.25, 0.3) is 5.92 Å². The van der Waals surface area contributed by atoms with Crippen LogP contribution in [0.5, 0.6) is 0 Å². The fourth-order valence-corrected chi connectivity index (χ4v) is 4.44. The molecule has 1 unspecified atom stereocenters. The van der Waals surface area contributed by atoms with Crippen LogP contribution < -0.4 is 0 Å². The van der Waals surface area contributed by atoms with Gasteiger partial charge in [-0.05, 0) is 6.92 Å². The molecule has 1 atom stereocenters. The lowest BCUT2D eigenvalue weighted by atomic mass is 10.1. The van der Waals surface area contributed by atoms with E-state index in [1.54, 1.807) is 0 Å². The van der Waals surface area contributed by atoms with Crippen LogP contribution in [0.2, 0.25) is 0 Å². The van der Waals surface area contributed by atoms with E-state index < -0.39 is 5.92 Å². The molecule has 2 rings (SSSR count). The summed E-state index contributed by atoms with van der Waals surface area (Å²) in [6.45, 7) is 4.95. The summed E-state index contributed by atoms with van der Waals surface area (Å²) >= 11 is 3.73. The van der Waals surface area contributed by atoms with Crippen molar-refractivity contribution in [2.45, 2.75) is 30.3 Å². The Labute approximate surface area is 110 Å². The first-order valence-corrected chi connectivity index (χ1v) is 7.87. The third kappa shape index (κ3) is 4.41. The molecule has 6 heteroatoms. The van der Waals surface area contributed by atoms with E-state index in [4.69, 9.17) is 0 Å². The maximum absolute atomic E-state index is 12.9. The molecule has 2 nitrogen and oxygen atoms in total. The molecule has 0 aromatic rings. The highest BCUT2D eigenvalue weighted by Gasteiger charge is 2.33. The number of rotatable bonds is 4. The van der Waals surface area contributed by atoms with Crippen molar-refractivity contribution in [1.82, 2.24) is 4.90 Å². The lowest BCUT2D eigenvalue weighted by Crippen LogP contribution is -2.40. The maximum Gasteiger partial charge on any atom is 0.250 e. The predicted molar refractivity (Wildman–Crippen MR) is 72.4 cm³/mol. The van der Waals surface area contributed by atoms with E-state index in [2.05, 4.69) is 9.89 Å². The van der Waals surface area contributed by atoms with Crippen LogP contribution in [0.15, 0.2) is 4.99 Å². The molecule has 2 aliphatic rings. The monoisotopic (exact) mass is 280 g/mol. The van der Waals surface area contributed by atoms with Gasteiger partial charge in [0.1, 0.15) is 0 Å². The molecule has 2 heterocycles. The lowest BCUT2D eigenvalue weighted by Gasteiger charge is -2.31. The quantitative estimate of drug-likeness (QED) is 0.787. The summed E-state index contributed by atoms with van der Waals surface area (Å²) in [4.78, 5) is 6.50. The van der Waals surface area contributed by atoms with E-state index in [0.29, 0.717) is 17.7 Å². The van der Waals surface area contributed by atoms with Crippen molar-refractivity contribution in [2.75, 3.05) is 31.9 Å². The van der Waals surface area contributed by atoms with Crippen molar-refractivity contribution in [3.8, 4) is 0 Å². The van der Waals surface area contributed by atoms with Crippen LogP contribution in [0.1, 0.15) is 19.8 Å². The summed E-state index contributed by atoms with van der Waals surface area (Å²) in [5.74, 6) is -1.40. The molecule has 0 radical (unpaired) electrons. The summed E-state index contributed by atoms with van der Waals surface area (Å²) in [5, 5.41) is 1.17. The van der Waals surface area contributed by atoms with Crippen LogP contribution >= 0.6 is 23.5 Å². The maximum atomic E-state index is 12.9. The molecule has 98 valence electrons. The molecular formula is C11H18F2N2S2. The molecule has 1 saturated heterocycles. The molecule has 0 spiro atoms. The number of hydrogen-bond acceptors (Lipinski definition) is 4. The highest BCUT2D eigenvalue weighted by atomic mass is 32.2. The minimum atomic E-state index is -2.42. The Morgan fingerprint density at radius 2 is 2.18 bits per heavy atom. The minimum absolute atomic E-state index is 0.0259. The van der Waals surface area contributed by atoms with Crippen molar-refractivity contribution in [2.24, 2.45) is 4.99 Å². The Balaban J connectivity index is 1.57. The van der Waals surface area contributed by atoms with Gasteiger partial charge in [0.15, 0.2) is 0 Å². The number of alkyl halides is 2. The van der Waals surface area contributed by atoms with Crippen LogP contribution in [0.25, 0.3) is 0 Å². The fraction of sp³-hybridized carbons (Fsp3) is 0.909. The zero-order valence-corrected chi connectivity index (χ0v) is 11.6. The van der Waals surface area contributed by atoms with Crippen molar-refractivity contribution in [1.29, 1.82) is 0 Å².